The van der Waals surface area contributed by atoms with E-state index in [4.69, 9.17) is 4.42 Å². The van der Waals surface area contributed by atoms with Gasteiger partial charge in [-0.15, -0.1) is 0 Å². The first-order chi connectivity index (χ1) is 12.4. The molecular weight excluding hydrogens is 398 g/mol. The summed E-state index contributed by atoms with van der Waals surface area (Å²) < 4.78 is 9.78. The normalized spacial score (nSPS) is 11.4. The summed E-state index contributed by atoms with van der Waals surface area (Å²) in [6.45, 7) is 1.86. The zero-order valence-corrected chi connectivity index (χ0v) is 16.0. The predicted octanol–water partition coefficient (Wildman–Crippen LogP) is 3.95. The van der Waals surface area contributed by atoms with Gasteiger partial charge in [0.25, 0.3) is 5.91 Å². The first kappa shape index (κ1) is 16.7. The number of rotatable bonds is 2. The monoisotopic (exact) mass is 413 g/mol. The average molecular weight is 414 g/mol. The summed E-state index contributed by atoms with van der Waals surface area (Å²) in [7, 11) is 3.43. The molecule has 0 unspecified atom stereocenters. The predicted molar refractivity (Wildman–Crippen MR) is 105 cm³/mol. The fourth-order valence-corrected chi connectivity index (χ4v) is 3.54. The maximum atomic E-state index is 12.7. The van der Waals surface area contributed by atoms with E-state index in [0.717, 1.165) is 26.5 Å². The second-order valence-electron chi connectivity index (χ2n) is 6.25. The molecule has 0 radical (unpaired) electrons. The highest BCUT2D eigenvalue weighted by Crippen LogP contribution is 2.29. The topological polar surface area (TPSA) is 69.2 Å². The van der Waals surface area contributed by atoms with E-state index in [1.54, 1.807) is 35.4 Å². The van der Waals surface area contributed by atoms with Crippen molar-refractivity contribution in [1.82, 2.24) is 9.13 Å². The number of carbonyl (C=O) groups is 1. The molecule has 0 atom stereocenters. The van der Waals surface area contributed by atoms with Gasteiger partial charge in [-0.1, -0.05) is 15.9 Å². The highest BCUT2D eigenvalue weighted by Gasteiger charge is 2.18. The number of aromatic nitrogens is 2. The molecule has 4 rings (SSSR count). The molecule has 0 aliphatic carbocycles. The highest BCUT2D eigenvalue weighted by atomic mass is 79.9. The Bertz CT molecular complexity index is 1250. The zero-order chi connectivity index (χ0) is 18.6. The number of benzene rings is 2. The van der Waals surface area contributed by atoms with Crippen molar-refractivity contribution < 1.29 is 9.21 Å². The maximum absolute atomic E-state index is 12.7. The Morgan fingerprint density at radius 2 is 1.81 bits per heavy atom. The molecule has 26 heavy (non-hydrogen) atoms. The number of furan rings is 1. The maximum Gasteiger partial charge on any atom is 0.328 e. The number of nitrogens with zero attached hydrogens (tertiary/aromatic N) is 2. The van der Waals surface area contributed by atoms with Crippen LogP contribution in [0.1, 0.15) is 16.1 Å². The van der Waals surface area contributed by atoms with Gasteiger partial charge in [0, 0.05) is 35.2 Å². The van der Waals surface area contributed by atoms with Crippen LogP contribution in [0.25, 0.3) is 22.0 Å². The molecule has 7 heteroatoms. The number of fused-ring (bicyclic) bond motifs is 2. The second kappa shape index (κ2) is 5.88. The van der Waals surface area contributed by atoms with Gasteiger partial charge in [0.05, 0.1) is 11.0 Å². The molecular formula is C19H16BrN3O3. The minimum Gasteiger partial charge on any atom is -0.451 e. The van der Waals surface area contributed by atoms with E-state index < -0.39 is 0 Å². The molecule has 0 saturated heterocycles. The lowest BCUT2D eigenvalue weighted by molar-refractivity contribution is 0.0998. The van der Waals surface area contributed by atoms with E-state index >= 15 is 0 Å². The summed E-state index contributed by atoms with van der Waals surface area (Å²) in [5.41, 5.74) is 3.50. The van der Waals surface area contributed by atoms with E-state index in [1.807, 2.05) is 31.2 Å². The first-order valence-corrected chi connectivity index (χ1v) is 8.81. The Labute approximate surface area is 157 Å². The van der Waals surface area contributed by atoms with E-state index in [2.05, 4.69) is 21.2 Å². The van der Waals surface area contributed by atoms with Crippen LogP contribution >= 0.6 is 15.9 Å². The third-order valence-electron chi connectivity index (χ3n) is 4.63. The third kappa shape index (κ3) is 2.47. The van der Waals surface area contributed by atoms with E-state index in [-0.39, 0.29) is 17.4 Å². The van der Waals surface area contributed by atoms with Gasteiger partial charge < -0.3 is 9.73 Å². The van der Waals surface area contributed by atoms with Crippen molar-refractivity contribution in [2.75, 3.05) is 5.32 Å². The first-order valence-electron chi connectivity index (χ1n) is 8.02. The van der Waals surface area contributed by atoms with Gasteiger partial charge in [0.1, 0.15) is 5.58 Å². The molecule has 6 nitrogen and oxygen atoms in total. The standard InChI is InChI=1S/C19H16BrN3O3/c1-10-13-8-11(20)4-7-16(13)26-17(10)18(24)21-12-5-6-14-15(9-12)23(3)19(25)22(14)2/h4-9H,1-3H3,(H,21,24). The number of anilines is 1. The Hall–Kier alpha value is -2.80. The van der Waals surface area contributed by atoms with Crippen molar-refractivity contribution in [3.63, 3.8) is 0 Å². The molecule has 0 aliphatic rings. The quantitative estimate of drug-likeness (QED) is 0.540. The van der Waals surface area contributed by atoms with Gasteiger partial charge in [-0.3, -0.25) is 13.9 Å². The van der Waals surface area contributed by atoms with Crippen molar-refractivity contribution in [3.05, 3.63) is 62.7 Å². The Morgan fingerprint density at radius 3 is 2.58 bits per heavy atom. The van der Waals surface area contributed by atoms with Crippen LogP contribution in [0, 0.1) is 6.92 Å². The second-order valence-corrected chi connectivity index (χ2v) is 7.17. The number of carbonyl (C=O) groups excluding carboxylic acids is 1. The lowest BCUT2D eigenvalue weighted by Gasteiger charge is -2.05. The molecule has 132 valence electrons. The fraction of sp³-hybridized carbons (Fsp3) is 0.158. The summed E-state index contributed by atoms with van der Waals surface area (Å²) in [5, 5.41) is 3.75. The fourth-order valence-electron chi connectivity index (χ4n) is 3.18. The molecule has 0 saturated carbocycles. The minimum absolute atomic E-state index is 0.109. The lowest BCUT2D eigenvalue weighted by Crippen LogP contribution is -2.19. The Morgan fingerprint density at radius 1 is 1.08 bits per heavy atom. The van der Waals surface area contributed by atoms with Crippen molar-refractivity contribution in [2.24, 2.45) is 14.1 Å². The number of halogens is 1. The van der Waals surface area contributed by atoms with Gasteiger partial charge in [-0.2, -0.15) is 0 Å². The van der Waals surface area contributed by atoms with E-state index in [1.165, 1.54) is 0 Å². The van der Waals surface area contributed by atoms with Gasteiger partial charge in [-0.25, -0.2) is 4.79 Å². The molecule has 1 amide bonds. The van der Waals surface area contributed by atoms with Crippen LogP contribution in [0.15, 0.2) is 50.1 Å². The van der Waals surface area contributed by atoms with Crippen molar-refractivity contribution in [2.45, 2.75) is 6.92 Å². The van der Waals surface area contributed by atoms with Crippen LogP contribution in [-0.4, -0.2) is 15.0 Å². The van der Waals surface area contributed by atoms with Gasteiger partial charge in [0.15, 0.2) is 5.76 Å². The van der Waals surface area contributed by atoms with Gasteiger partial charge in [0.2, 0.25) is 0 Å². The SMILES string of the molecule is Cc1c(C(=O)Nc2ccc3c(c2)n(C)c(=O)n3C)oc2ccc(Br)cc12. The van der Waals surface area contributed by atoms with Crippen LogP contribution < -0.4 is 11.0 Å². The molecule has 2 heterocycles. The van der Waals surface area contributed by atoms with Crippen molar-refractivity contribution in [1.29, 1.82) is 0 Å². The highest BCUT2D eigenvalue weighted by molar-refractivity contribution is 9.10. The summed E-state index contributed by atoms with van der Waals surface area (Å²) in [5.74, 6) is -0.0461. The molecule has 0 bridgehead atoms. The van der Waals surface area contributed by atoms with Crippen LogP contribution in [0.5, 0.6) is 0 Å². The van der Waals surface area contributed by atoms with Gasteiger partial charge in [-0.05, 0) is 43.3 Å². The van der Waals surface area contributed by atoms with E-state index in [9.17, 15) is 9.59 Å². The number of amides is 1. The van der Waals surface area contributed by atoms with Crippen LogP contribution in [0.2, 0.25) is 0 Å². The zero-order valence-electron chi connectivity index (χ0n) is 14.5. The van der Waals surface area contributed by atoms with Crippen LogP contribution in [0.3, 0.4) is 0 Å². The Kier molecular flexibility index (Phi) is 3.77. The molecule has 1 N–H and O–H groups in total. The largest absolute Gasteiger partial charge is 0.451 e. The van der Waals surface area contributed by atoms with Crippen molar-refractivity contribution in [3.8, 4) is 0 Å². The lowest BCUT2D eigenvalue weighted by atomic mass is 10.1. The summed E-state index contributed by atoms with van der Waals surface area (Å²) >= 11 is 3.43. The van der Waals surface area contributed by atoms with Crippen LogP contribution in [0.4, 0.5) is 5.69 Å². The third-order valence-corrected chi connectivity index (χ3v) is 5.13. The molecule has 2 aromatic carbocycles. The summed E-state index contributed by atoms with van der Waals surface area (Å²) in [6.07, 6.45) is 0. The number of hydrogen-bond acceptors (Lipinski definition) is 3. The Balaban J connectivity index is 1.72. The summed E-state index contributed by atoms with van der Waals surface area (Å²) in [6, 6.07) is 11.0. The number of nitrogens with one attached hydrogen (secondary N) is 1. The summed E-state index contributed by atoms with van der Waals surface area (Å²) in [4.78, 5) is 24.7. The van der Waals surface area contributed by atoms with Crippen molar-refractivity contribution >= 4 is 49.5 Å². The minimum atomic E-state index is -0.324. The van der Waals surface area contributed by atoms with Gasteiger partial charge >= 0.3 is 5.69 Å². The molecule has 4 aromatic rings. The smallest absolute Gasteiger partial charge is 0.328 e. The number of imidazole rings is 1. The molecule has 0 fully saturated rings. The number of aryl methyl sites for hydroxylation is 3. The molecule has 2 aromatic heterocycles. The number of hydrogen-bond donors (Lipinski definition) is 1. The van der Waals surface area contributed by atoms with E-state index in [0.29, 0.717) is 11.3 Å². The molecule has 0 aliphatic heterocycles. The molecule has 0 spiro atoms. The van der Waals surface area contributed by atoms with Crippen LogP contribution in [-0.2, 0) is 14.1 Å². The average Bonchev–Trinajstić information content (AvgIpc) is 3.05.